The Morgan fingerprint density at radius 2 is 2.00 bits per heavy atom. The number of nitrogens with one attached hydrogen (secondary N) is 1. The van der Waals surface area contributed by atoms with E-state index in [1.807, 2.05) is 29.0 Å². The lowest BCUT2D eigenvalue weighted by Gasteiger charge is -2.07. The van der Waals surface area contributed by atoms with Crippen LogP contribution in [-0.4, -0.2) is 20.4 Å². The maximum atomic E-state index is 12.5. The van der Waals surface area contributed by atoms with E-state index in [0.717, 1.165) is 33.9 Å². The Morgan fingerprint density at radius 1 is 1.21 bits per heavy atom. The molecule has 0 bridgehead atoms. The molecule has 0 radical (unpaired) electrons. The van der Waals surface area contributed by atoms with Crippen LogP contribution >= 0.6 is 11.3 Å². The Bertz CT molecular complexity index is 1140. The lowest BCUT2D eigenvalue weighted by atomic mass is 10.1. The van der Waals surface area contributed by atoms with E-state index < -0.39 is 0 Å². The van der Waals surface area contributed by atoms with Gasteiger partial charge in [0.05, 0.1) is 17.8 Å². The lowest BCUT2D eigenvalue weighted by molar-refractivity contribution is -0.115. The Kier molecular flexibility index (Phi) is 4.88. The zero-order chi connectivity index (χ0) is 19.7. The van der Waals surface area contributed by atoms with E-state index in [9.17, 15) is 9.90 Å². The minimum absolute atomic E-state index is 0.0734. The molecule has 5 nitrogen and oxygen atoms in total. The second kappa shape index (κ2) is 7.48. The molecular weight excluding hydrogens is 370 g/mol. The van der Waals surface area contributed by atoms with Crippen LogP contribution in [0.25, 0.3) is 16.2 Å². The summed E-state index contributed by atoms with van der Waals surface area (Å²) in [5.74, 6) is -0.106. The van der Waals surface area contributed by atoms with Crippen molar-refractivity contribution in [2.24, 2.45) is 0 Å². The van der Waals surface area contributed by atoms with Crippen molar-refractivity contribution < 1.29 is 9.90 Å². The van der Waals surface area contributed by atoms with Crippen LogP contribution in [0.1, 0.15) is 23.7 Å². The summed E-state index contributed by atoms with van der Waals surface area (Å²) in [4.78, 5) is 18.0. The summed E-state index contributed by atoms with van der Waals surface area (Å²) >= 11 is 1.51. The number of benzene rings is 2. The summed E-state index contributed by atoms with van der Waals surface area (Å²) in [5.41, 5.74) is 5.48. The third-order valence-electron chi connectivity index (χ3n) is 4.71. The van der Waals surface area contributed by atoms with Crippen molar-refractivity contribution in [3.63, 3.8) is 0 Å². The van der Waals surface area contributed by atoms with Gasteiger partial charge in [-0.1, -0.05) is 37.3 Å². The third kappa shape index (κ3) is 3.64. The molecule has 0 fully saturated rings. The van der Waals surface area contributed by atoms with E-state index in [-0.39, 0.29) is 18.1 Å². The number of amides is 1. The first-order chi connectivity index (χ1) is 13.5. The van der Waals surface area contributed by atoms with Crippen molar-refractivity contribution in [2.45, 2.75) is 26.7 Å². The molecule has 2 aromatic heterocycles. The molecule has 2 aromatic carbocycles. The van der Waals surface area contributed by atoms with Gasteiger partial charge in [-0.2, -0.15) is 0 Å². The SMILES string of the molecule is CCc1ccc(-c2cn3c(CC(=O)Nc4ccc(C)cc4O)csc3n2)cc1. The molecule has 142 valence electrons. The molecule has 0 unspecified atom stereocenters. The molecule has 4 aromatic rings. The minimum Gasteiger partial charge on any atom is -0.506 e. The number of aromatic hydroxyl groups is 1. The second-order valence-electron chi connectivity index (χ2n) is 6.80. The van der Waals surface area contributed by atoms with Crippen LogP contribution in [0.15, 0.2) is 54.0 Å². The first-order valence-corrected chi connectivity index (χ1v) is 10.1. The molecule has 0 aliphatic rings. The highest BCUT2D eigenvalue weighted by Crippen LogP contribution is 2.26. The number of fused-ring (bicyclic) bond motifs is 1. The molecule has 1 amide bonds. The highest BCUT2D eigenvalue weighted by atomic mass is 32.1. The van der Waals surface area contributed by atoms with Gasteiger partial charge in [-0.25, -0.2) is 4.98 Å². The fraction of sp³-hybridized carbons (Fsp3) is 0.182. The molecule has 0 aliphatic heterocycles. The zero-order valence-corrected chi connectivity index (χ0v) is 16.6. The fourth-order valence-corrected chi connectivity index (χ4v) is 3.99. The first kappa shape index (κ1) is 18.3. The van der Waals surface area contributed by atoms with Crippen LogP contribution in [0.3, 0.4) is 0 Å². The van der Waals surface area contributed by atoms with Gasteiger partial charge in [-0.15, -0.1) is 11.3 Å². The molecule has 0 spiro atoms. The predicted octanol–water partition coefficient (Wildman–Crippen LogP) is 4.82. The number of phenols is 1. The number of thiazole rings is 1. The van der Waals surface area contributed by atoms with Crippen LogP contribution < -0.4 is 5.32 Å². The van der Waals surface area contributed by atoms with E-state index in [1.165, 1.54) is 16.9 Å². The zero-order valence-electron chi connectivity index (χ0n) is 15.8. The number of carbonyl (C=O) groups excluding carboxylic acids is 1. The Labute approximate surface area is 167 Å². The van der Waals surface area contributed by atoms with E-state index in [2.05, 4.69) is 41.5 Å². The van der Waals surface area contributed by atoms with E-state index >= 15 is 0 Å². The topological polar surface area (TPSA) is 66.6 Å². The number of imidazole rings is 1. The van der Waals surface area contributed by atoms with Crippen LogP contribution in [0.2, 0.25) is 0 Å². The normalized spacial score (nSPS) is 11.1. The van der Waals surface area contributed by atoms with Crippen molar-refractivity contribution in [1.82, 2.24) is 9.38 Å². The minimum atomic E-state index is -0.179. The average molecular weight is 391 g/mol. The van der Waals surface area contributed by atoms with Crippen molar-refractivity contribution in [3.8, 4) is 17.0 Å². The molecule has 0 atom stereocenters. The number of nitrogens with zero attached hydrogens (tertiary/aromatic N) is 2. The van der Waals surface area contributed by atoms with Gasteiger partial charge in [0, 0.05) is 22.8 Å². The Balaban J connectivity index is 1.54. The molecule has 0 saturated heterocycles. The summed E-state index contributed by atoms with van der Waals surface area (Å²) in [6.07, 6.45) is 3.19. The van der Waals surface area contributed by atoms with Crippen LogP contribution in [0, 0.1) is 6.92 Å². The smallest absolute Gasteiger partial charge is 0.230 e. The Hall–Kier alpha value is -3.12. The number of hydrogen-bond donors (Lipinski definition) is 2. The molecule has 2 N–H and O–H groups in total. The van der Waals surface area contributed by atoms with Crippen molar-refractivity contribution in [1.29, 1.82) is 0 Å². The number of phenolic OH excluding ortho intramolecular Hbond substituents is 1. The van der Waals surface area contributed by atoms with Crippen molar-refractivity contribution in [3.05, 3.63) is 70.9 Å². The number of carbonyl (C=O) groups is 1. The molecule has 6 heteroatoms. The van der Waals surface area contributed by atoms with Crippen LogP contribution in [0.4, 0.5) is 5.69 Å². The first-order valence-electron chi connectivity index (χ1n) is 9.17. The van der Waals surface area contributed by atoms with Gasteiger partial charge in [-0.3, -0.25) is 9.20 Å². The largest absolute Gasteiger partial charge is 0.506 e. The van der Waals surface area contributed by atoms with Gasteiger partial charge in [0.1, 0.15) is 5.75 Å². The number of aromatic nitrogens is 2. The lowest BCUT2D eigenvalue weighted by Crippen LogP contribution is -2.15. The number of aryl methyl sites for hydroxylation is 2. The quantitative estimate of drug-likeness (QED) is 0.479. The Morgan fingerprint density at radius 3 is 2.71 bits per heavy atom. The van der Waals surface area contributed by atoms with E-state index in [0.29, 0.717) is 5.69 Å². The summed E-state index contributed by atoms with van der Waals surface area (Å²) < 4.78 is 1.96. The second-order valence-corrected chi connectivity index (χ2v) is 7.64. The molecule has 2 heterocycles. The van der Waals surface area contributed by atoms with Crippen LogP contribution in [0.5, 0.6) is 5.75 Å². The van der Waals surface area contributed by atoms with Crippen molar-refractivity contribution in [2.75, 3.05) is 5.32 Å². The molecule has 0 aliphatic carbocycles. The third-order valence-corrected chi connectivity index (χ3v) is 5.60. The predicted molar refractivity (Wildman–Crippen MR) is 113 cm³/mol. The number of hydrogen-bond acceptors (Lipinski definition) is 4. The summed E-state index contributed by atoms with van der Waals surface area (Å²) in [7, 11) is 0. The van der Waals surface area contributed by atoms with Gasteiger partial charge in [0.2, 0.25) is 5.91 Å². The van der Waals surface area contributed by atoms with Gasteiger partial charge in [0.15, 0.2) is 4.96 Å². The molecule has 28 heavy (non-hydrogen) atoms. The summed E-state index contributed by atoms with van der Waals surface area (Å²) in [6.45, 7) is 4.02. The van der Waals surface area contributed by atoms with E-state index in [4.69, 9.17) is 0 Å². The molecule has 0 saturated carbocycles. The molecular formula is C22H21N3O2S. The highest BCUT2D eigenvalue weighted by molar-refractivity contribution is 7.15. The molecule has 4 rings (SSSR count). The number of rotatable bonds is 5. The van der Waals surface area contributed by atoms with Gasteiger partial charge < -0.3 is 10.4 Å². The fourth-order valence-electron chi connectivity index (χ4n) is 3.11. The van der Waals surface area contributed by atoms with Crippen molar-refractivity contribution >= 4 is 27.9 Å². The maximum Gasteiger partial charge on any atom is 0.230 e. The number of anilines is 1. The summed E-state index contributed by atoms with van der Waals surface area (Å²) in [5, 5.41) is 14.7. The van der Waals surface area contributed by atoms with Gasteiger partial charge in [0.25, 0.3) is 0 Å². The monoisotopic (exact) mass is 391 g/mol. The average Bonchev–Trinajstić information content (AvgIpc) is 3.26. The summed E-state index contributed by atoms with van der Waals surface area (Å²) in [6, 6.07) is 13.6. The van der Waals surface area contributed by atoms with Crippen LogP contribution in [-0.2, 0) is 17.6 Å². The highest BCUT2D eigenvalue weighted by Gasteiger charge is 2.14. The van der Waals surface area contributed by atoms with Gasteiger partial charge >= 0.3 is 0 Å². The van der Waals surface area contributed by atoms with E-state index in [1.54, 1.807) is 12.1 Å². The van der Waals surface area contributed by atoms with Gasteiger partial charge in [-0.05, 0) is 36.6 Å². The standard InChI is InChI=1S/C22H21N3O2S/c1-3-15-5-7-16(8-6-15)19-12-25-17(13-28-22(25)24-19)11-21(27)23-18-9-4-14(2)10-20(18)26/h4-10,12-13,26H,3,11H2,1-2H3,(H,23,27). The maximum absolute atomic E-state index is 12.5.